The van der Waals surface area contributed by atoms with Crippen LogP contribution in [0.4, 0.5) is 5.69 Å². The van der Waals surface area contributed by atoms with E-state index in [1.165, 1.54) is 11.0 Å². The number of rotatable bonds is 8. The van der Waals surface area contributed by atoms with Crippen molar-refractivity contribution in [2.75, 3.05) is 18.6 Å². The normalized spacial score (nSPS) is 15.0. The summed E-state index contributed by atoms with van der Waals surface area (Å²) in [6, 6.07) is 11.1. The smallest absolute Gasteiger partial charge is 0.270 e. The standard InChI is InChI=1S/C25H26N2O4S/c1-5-8-18-13-17(15-21(30-4)22(18)31-7-3)14-20-23(28)26-25(32)27(24(20)29)19-11-9-16(6-2)10-12-19/h5,9-15H,1,6-8H2,2-4H3,(H,26,28,32)/b20-14+. The molecule has 1 aliphatic rings. The molecule has 2 aromatic rings. The number of hydrogen-bond donors (Lipinski definition) is 1. The second-order valence-corrected chi connectivity index (χ2v) is 7.50. The van der Waals surface area contributed by atoms with Crippen molar-refractivity contribution in [2.45, 2.75) is 26.7 Å². The lowest BCUT2D eigenvalue weighted by atomic mass is 10.0. The lowest BCUT2D eigenvalue weighted by molar-refractivity contribution is -0.122. The molecule has 1 saturated heterocycles. The van der Waals surface area contributed by atoms with Gasteiger partial charge >= 0.3 is 0 Å². The number of carbonyl (C=O) groups is 2. The zero-order valence-corrected chi connectivity index (χ0v) is 19.3. The van der Waals surface area contributed by atoms with Crippen molar-refractivity contribution < 1.29 is 19.1 Å². The van der Waals surface area contributed by atoms with Gasteiger partial charge in [0.05, 0.1) is 19.4 Å². The number of aryl methyl sites for hydroxylation is 1. The summed E-state index contributed by atoms with van der Waals surface area (Å²) >= 11 is 5.28. The fourth-order valence-electron chi connectivity index (χ4n) is 3.47. The van der Waals surface area contributed by atoms with E-state index in [0.717, 1.165) is 17.5 Å². The van der Waals surface area contributed by atoms with Crippen LogP contribution in [-0.4, -0.2) is 30.6 Å². The van der Waals surface area contributed by atoms with E-state index in [0.29, 0.717) is 35.8 Å². The fourth-order valence-corrected chi connectivity index (χ4v) is 3.75. The maximum absolute atomic E-state index is 13.3. The zero-order chi connectivity index (χ0) is 23.3. The van der Waals surface area contributed by atoms with Crippen LogP contribution in [0.5, 0.6) is 11.5 Å². The number of anilines is 1. The number of amides is 2. The number of nitrogens with zero attached hydrogens (tertiary/aromatic N) is 1. The molecule has 1 aliphatic heterocycles. The van der Waals surface area contributed by atoms with E-state index < -0.39 is 11.8 Å². The molecule has 3 rings (SSSR count). The largest absolute Gasteiger partial charge is 0.493 e. The summed E-state index contributed by atoms with van der Waals surface area (Å²) < 4.78 is 11.2. The van der Waals surface area contributed by atoms with E-state index in [-0.39, 0.29) is 10.7 Å². The highest BCUT2D eigenvalue weighted by molar-refractivity contribution is 7.80. The van der Waals surface area contributed by atoms with E-state index >= 15 is 0 Å². The Morgan fingerprint density at radius 1 is 1.16 bits per heavy atom. The minimum atomic E-state index is -0.542. The van der Waals surface area contributed by atoms with Crippen LogP contribution in [0.2, 0.25) is 0 Å². The molecule has 166 valence electrons. The van der Waals surface area contributed by atoms with Crippen molar-refractivity contribution in [1.82, 2.24) is 5.32 Å². The summed E-state index contributed by atoms with van der Waals surface area (Å²) in [6.07, 6.45) is 4.72. The molecule has 0 radical (unpaired) electrons. The van der Waals surface area contributed by atoms with Gasteiger partial charge in [-0.2, -0.15) is 0 Å². The zero-order valence-electron chi connectivity index (χ0n) is 18.4. The van der Waals surface area contributed by atoms with Crippen LogP contribution in [0, 0.1) is 0 Å². The third-order valence-electron chi connectivity index (χ3n) is 5.04. The molecule has 32 heavy (non-hydrogen) atoms. The van der Waals surface area contributed by atoms with Gasteiger partial charge in [0.2, 0.25) is 0 Å². The molecule has 2 aromatic carbocycles. The first-order valence-electron chi connectivity index (χ1n) is 10.4. The Morgan fingerprint density at radius 3 is 2.47 bits per heavy atom. The molecule has 0 bridgehead atoms. The Bertz CT molecular complexity index is 1090. The van der Waals surface area contributed by atoms with Crippen LogP contribution in [0.25, 0.3) is 6.08 Å². The summed E-state index contributed by atoms with van der Waals surface area (Å²) in [7, 11) is 1.55. The number of thiocarbonyl (C=S) groups is 1. The van der Waals surface area contributed by atoms with Gasteiger partial charge in [0, 0.05) is 5.56 Å². The Morgan fingerprint density at radius 2 is 1.88 bits per heavy atom. The molecule has 1 N–H and O–H groups in total. The number of allylic oxidation sites excluding steroid dienone is 1. The summed E-state index contributed by atoms with van der Waals surface area (Å²) in [6.45, 7) is 8.22. The Kier molecular flexibility index (Phi) is 7.43. The van der Waals surface area contributed by atoms with Gasteiger partial charge in [0.15, 0.2) is 16.6 Å². The van der Waals surface area contributed by atoms with Crippen molar-refractivity contribution in [2.24, 2.45) is 0 Å². The summed E-state index contributed by atoms with van der Waals surface area (Å²) in [5.74, 6) is 0.111. The van der Waals surface area contributed by atoms with Gasteiger partial charge in [0.25, 0.3) is 11.8 Å². The molecule has 6 nitrogen and oxygen atoms in total. The van der Waals surface area contributed by atoms with Crippen molar-refractivity contribution >= 4 is 40.9 Å². The van der Waals surface area contributed by atoms with E-state index in [1.807, 2.05) is 37.3 Å². The number of hydrogen-bond acceptors (Lipinski definition) is 5. The highest BCUT2D eigenvalue weighted by atomic mass is 32.1. The first kappa shape index (κ1) is 23.2. The molecule has 0 aromatic heterocycles. The maximum Gasteiger partial charge on any atom is 0.270 e. The van der Waals surface area contributed by atoms with Crippen LogP contribution >= 0.6 is 12.2 Å². The maximum atomic E-state index is 13.3. The van der Waals surface area contributed by atoms with Crippen LogP contribution in [0.3, 0.4) is 0 Å². The van der Waals surface area contributed by atoms with Crippen LogP contribution < -0.4 is 19.7 Å². The molecular formula is C25H26N2O4S. The number of nitrogens with one attached hydrogen (secondary N) is 1. The first-order valence-corrected chi connectivity index (χ1v) is 10.8. The van der Waals surface area contributed by atoms with Crippen molar-refractivity contribution in [1.29, 1.82) is 0 Å². The third kappa shape index (κ3) is 4.73. The van der Waals surface area contributed by atoms with E-state index in [1.54, 1.807) is 19.3 Å². The Balaban J connectivity index is 2.04. The van der Waals surface area contributed by atoms with Gasteiger partial charge in [-0.05, 0) is 73.5 Å². The molecule has 0 aliphatic carbocycles. The quantitative estimate of drug-likeness (QED) is 0.282. The monoisotopic (exact) mass is 450 g/mol. The average molecular weight is 451 g/mol. The van der Waals surface area contributed by atoms with Gasteiger partial charge in [-0.1, -0.05) is 25.1 Å². The summed E-state index contributed by atoms with van der Waals surface area (Å²) in [5.41, 5.74) is 3.20. The molecule has 0 unspecified atom stereocenters. The van der Waals surface area contributed by atoms with Crippen LogP contribution in [0.1, 0.15) is 30.5 Å². The van der Waals surface area contributed by atoms with Crippen LogP contribution in [-0.2, 0) is 22.4 Å². The molecular weight excluding hydrogens is 424 g/mol. The summed E-state index contributed by atoms with van der Waals surface area (Å²) in [4.78, 5) is 27.3. The lowest BCUT2D eigenvalue weighted by Crippen LogP contribution is -2.54. The molecule has 0 saturated carbocycles. The van der Waals surface area contributed by atoms with Crippen molar-refractivity contribution in [3.05, 3.63) is 71.3 Å². The van der Waals surface area contributed by atoms with Gasteiger partial charge in [-0.25, -0.2) is 0 Å². The fraction of sp³-hybridized carbons (Fsp3) is 0.240. The number of ether oxygens (including phenoxy) is 2. The van der Waals surface area contributed by atoms with Gasteiger partial charge in [-0.15, -0.1) is 6.58 Å². The second-order valence-electron chi connectivity index (χ2n) is 7.12. The second kappa shape index (κ2) is 10.2. The molecule has 1 heterocycles. The Labute approximate surface area is 193 Å². The molecule has 7 heteroatoms. The van der Waals surface area contributed by atoms with Crippen molar-refractivity contribution in [3.63, 3.8) is 0 Å². The highest BCUT2D eigenvalue weighted by Crippen LogP contribution is 2.34. The van der Waals surface area contributed by atoms with E-state index in [2.05, 4.69) is 18.8 Å². The number of carbonyl (C=O) groups excluding carboxylic acids is 2. The van der Waals surface area contributed by atoms with Crippen molar-refractivity contribution in [3.8, 4) is 11.5 Å². The van der Waals surface area contributed by atoms with Gasteiger partial charge in [-0.3, -0.25) is 19.8 Å². The van der Waals surface area contributed by atoms with E-state index in [9.17, 15) is 9.59 Å². The molecule has 1 fully saturated rings. The minimum Gasteiger partial charge on any atom is -0.493 e. The third-order valence-corrected chi connectivity index (χ3v) is 5.33. The first-order chi connectivity index (χ1) is 15.4. The molecule has 2 amide bonds. The topological polar surface area (TPSA) is 67.9 Å². The average Bonchev–Trinajstić information content (AvgIpc) is 2.78. The van der Waals surface area contributed by atoms with Gasteiger partial charge in [0.1, 0.15) is 5.57 Å². The van der Waals surface area contributed by atoms with E-state index in [4.69, 9.17) is 21.7 Å². The summed E-state index contributed by atoms with van der Waals surface area (Å²) in [5, 5.41) is 2.67. The molecule has 0 atom stereocenters. The number of methoxy groups -OCH3 is 1. The van der Waals surface area contributed by atoms with Gasteiger partial charge < -0.3 is 9.47 Å². The lowest BCUT2D eigenvalue weighted by Gasteiger charge is -2.29. The minimum absolute atomic E-state index is 0.0195. The predicted molar refractivity (Wildman–Crippen MR) is 130 cm³/mol. The number of benzene rings is 2. The Hall–Kier alpha value is -3.45. The molecule has 0 spiro atoms. The SMILES string of the molecule is C=CCc1cc(/C=C2\C(=O)NC(=S)N(c3ccc(CC)cc3)C2=O)cc(OC)c1OCC. The van der Waals surface area contributed by atoms with Crippen LogP contribution in [0.15, 0.2) is 54.6 Å². The predicted octanol–water partition coefficient (Wildman–Crippen LogP) is 4.22. The highest BCUT2D eigenvalue weighted by Gasteiger charge is 2.34.